The van der Waals surface area contributed by atoms with Gasteiger partial charge in [0.15, 0.2) is 0 Å². The van der Waals surface area contributed by atoms with Crippen molar-refractivity contribution in [2.75, 3.05) is 0 Å². The minimum atomic E-state index is -0.995. The zero-order valence-electron chi connectivity index (χ0n) is 14.3. The van der Waals surface area contributed by atoms with Crippen molar-refractivity contribution in [2.45, 2.75) is 108 Å². The van der Waals surface area contributed by atoms with Gasteiger partial charge in [0.2, 0.25) is 0 Å². The highest BCUT2D eigenvalue weighted by Crippen LogP contribution is 2.26. The summed E-state index contributed by atoms with van der Waals surface area (Å²) in [5, 5.41) is 17.6. The van der Waals surface area contributed by atoms with Gasteiger partial charge in [-0.15, -0.1) is 0 Å². The van der Waals surface area contributed by atoms with E-state index in [1.165, 1.54) is 32.1 Å². The van der Waals surface area contributed by atoms with Crippen LogP contribution in [0.5, 0.6) is 0 Å². The number of rotatable bonds is 16. The van der Waals surface area contributed by atoms with Gasteiger partial charge >= 0.3 is 5.97 Å². The van der Waals surface area contributed by atoms with E-state index in [0.717, 1.165) is 44.9 Å². The summed E-state index contributed by atoms with van der Waals surface area (Å²) in [4.78, 5) is 10.4. The minimum Gasteiger partial charge on any atom is -0.481 e. The molecule has 0 amide bonds. The Morgan fingerprint density at radius 1 is 0.818 bits per heavy atom. The fraction of sp³-hybridized carbons (Fsp3) is 0.944. The summed E-state index contributed by atoms with van der Waals surface area (Å²) >= 11 is 6.15. The molecule has 0 saturated carbocycles. The lowest BCUT2D eigenvalue weighted by atomic mass is 10.0. The molecule has 22 heavy (non-hydrogen) atoms. The van der Waals surface area contributed by atoms with E-state index in [1.807, 2.05) is 0 Å². The molecule has 0 saturated heterocycles. The zero-order valence-corrected chi connectivity index (χ0v) is 15.0. The first kappa shape index (κ1) is 21.7. The van der Waals surface area contributed by atoms with E-state index in [-0.39, 0.29) is 0 Å². The highest BCUT2D eigenvalue weighted by Gasteiger charge is 2.21. The van der Waals surface area contributed by atoms with E-state index in [0.29, 0.717) is 19.3 Å². The van der Waals surface area contributed by atoms with E-state index in [4.69, 9.17) is 16.7 Å². The highest BCUT2D eigenvalue weighted by molar-refractivity contribution is 6.22. The molecule has 0 aromatic rings. The molecule has 0 aliphatic carbocycles. The standard InChI is InChI=1S/C18H35ClO3/c1-2-3-4-12-15-18(19,22)16-13-10-8-6-5-7-9-11-14-17(20)21/h22H,2-16H2,1H3,(H,20,21). The fourth-order valence-corrected chi connectivity index (χ4v) is 2.95. The van der Waals surface area contributed by atoms with Crippen LogP contribution >= 0.6 is 11.6 Å². The van der Waals surface area contributed by atoms with Gasteiger partial charge in [-0.3, -0.25) is 4.79 Å². The van der Waals surface area contributed by atoms with E-state index in [1.54, 1.807) is 0 Å². The fourth-order valence-electron chi connectivity index (χ4n) is 2.68. The van der Waals surface area contributed by atoms with Gasteiger partial charge in [-0.05, 0) is 32.1 Å². The molecule has 2 N–H and O–H groups in total. The van der Waals surface area contributed by atoms with Crippen LogP contribution in [0.2, 0.25) is 0 Å². The van der Waals surface area contributed by atoms with Crippen LogP contribution in [-0.4, -0.2) is 21.2 Å². The molecule has 0 aromatic heterocycles. The highest BCUT2D eigenvalue weighted by atomic mass is 35.5. The Kier molecular flexibility index (Phi) is 14.1. The maximum Gasteiger partial charge on any atom is 0.303 e. The van der Waals surface area contributed by atoms with Crippen molar-refractivity contribution in [2.24, 2.45) is 0 Å². The topological polar surface area (TPSA) is 57.5 Å². The second-order valence-corrected chi connectivity index (χ2v) is 7.15. The van der Waals surface area contributed by atoms with Gasteiger partial charge in [0, 0.05) is 6.42 Å². The number of hydrogen-bond donors (Lipinski definition) is 2. The van der Waals surface area contributed by atoms with Crippen molar-refractivity contribution in [3.63, 3.8) is 0 Å². The largest absolute Gasteiger partial charge is 0.481 e. The third-order valence-electron chi connectivity index (χ3n) is 4.11. The van der Waals surface area contributed by atoms with Crippen LogP contribution in [0.3, 0.4) is 0 Å². The van der Waals surface area contributed by atoms with Crippen molar-refractivity contribution >= 4 is 17.6 Å². The van der Waals surface area contributed by atoms with Gasteiger partial charge in [-0.25, -0.2) is 0 Å². The molecule has 0 bridgehead atoms. The van der Waals surface area contributed by atoms with E-state index < -0.39 is 11.0 Å². The third-order valence-corrected chi connectivity index (χ3v) is 4.49. The molecule has 0 aromatic carbocycles. The molecule has 3 nitrogen and oxygen atoms in total. The molecular weight excluding hydrogens is 300 g/mol. The first-order chi connectivity index (χ1) is 10.5. The number of carboxylic acids is 1. The number of unbranched alkanes of at least 4 members (excludes halogenated alkanes) is 10. The molecule has 0 rings (SSSR count). The molecule has 0 spiro atoms. The van der Waals surface area contributed by atoms with E-state index in [9.17, 15) is 9.90 Å². The summed E-state index contributed by atoms with van der Waals surface area (Å²) < 4.78 is 0. The maximum atomic E-state index is 10.4. The summed E-state index contributed by atoms with van der Waals surface area (Å²) in [6.45, 7) is 2.18. The Bertz CT molecular complexity index is 267. The first-order valence-corrected chi connectivity index (χ1v) is 9.49. The number of hydrogen-bond acceptors (Lipinski definition) is 2. The number of aliphatic hydroxyl groups is 1. The van der Waals surface area contributed by atoms with Crippen molar-refractivity contribution in [1.82, 2.24) is 0 Å². The summed E-state index contributed by atoms with van der Waals surface area (Å²) in [7, 11) is 0. The lowest BCUT2D eigenvalue weighted by Crippen LogP contribution is -2.20. The molecule has 0 heterocycles. The summed E-state index contributed by atoms with van der Waals surface area (Å²) in [6, 6.07) is 0. The molecule has 132 valence electrons. The average Bonchev–Trinajstić information content (AvgIpc) is 2.45. The summed E-state index contributed by atoms with van der Waals surface area (Å²) in [6.07, 6.45) is 14.9. The van der Waals surface area contributed by atoms with Crippen LogP contribution in [0, 0.1) is 0 Å². The Morgan fingerprint density at radius 3 is 1.68 bits per heavy atom. The molecule has 4 heteroatoms. The average molecular weight is 335 g/mol. The summed E-state index contributed by atoms with van der Waals surface area (Å²) in [5.41, 5.74) is 0. The van der Waals surface area contributed by atoms with Gasteiger partial charge in [-0.2, -0.15) is 0 Å². The van der Waals surface area contributed by atoms with Gasteiger partial charge in [0.25, 0.3) is 0 Å². The molecule has 0 aliphatic rings. The second kappa shape index (κ2) is 14.3. The van der Waals surface area contributed by atoms with E-state index >= 15 is 0 Å². The number of carbonyl (C=O) groups is 1. The second-order valence-electron chi connectivity index (χ2n) is 6.45. The first-order valence-electron chi connectivity index (χ1n) is 9.11. The molecule has 0 radical (unpaired) electrons. The summed E-state index contributed by atoms with van der Waals surface area (Å²) in [5.74, 6) is -0.691. The van der Waals surface area contributed by atoms with Crippen LogP contribution in [0.15, 0.2) is 0 Å². The molecule has 1 atom stereocenters. The van der Waals surface area contributed by atoms with Crippen LogP contribution in [0.4, 0.5) is 0 Å². The maximum absolute atomic E-state index is 10.4. The van der Waals surface area contributed by atoms with Gasteiger partial charge in [0.05, 0.1) is 0 Å². The molecular formula is C18H35ClO3. The van der Waals surface area contributed by atoms with Crippen LogP contribution in [0.1, 0.15) is 103 Å². The Hall–Kier alpha value is -0.280. The Balaban J connectivity index is 3.31. The Morgan fingerprint density at radius 2 is 1.23 bits per heavy atom. The zero-order chi connectivity index (χ0) is 16.7. The van der Waals surface area contributed by atoms with E-state index in [2.05, 4.69) is 6.92 Å². The van der Waals surface area contributed by atoms with Crippen LogP contribution < -0.4 is 0 Å². The SMILES string of the molecule is CCCCCCC(O)(Cl)CCCCCCCCCCC(=O)O. The normalized spacial score (nSPS) is 14.0. The number of alkyl halides is 1. The third kappa shape index (κ3) is 16.1. The van der Waals surface area contributed by atoms with Crippen molar-refractivity contribution < 1.29 is 15.0 Å². The number of halogens is 1. The lowest BCUT2D eigenvalue weighted by molar-refractivity contribution is -0.137. The lowest BCUT2D eigenvalue weighted by Gasteiger charge is -2.20. The molecule has 0 aliphatic heterocycles. The Labute approximate surface area is 141 Å². The molecule has 1 unspecified atom stereocenters. The van der Waals surface area contributed by atoms with Crippen LogP contribution in [0.25, 0.3) is 0 Å². The smallest absolute Gasteiger partial charge is 0.303 e. The predicted octanol–water partition coefficient (Wildman–Crippen LogP) is 5.87. The van der Waals surface area contributed by atoms with Crippen molar-refractivity contribution in [3.05, 3.63) is 0 Å². The van der Waals surface area contributed by atoms with Gasteiger partial charge in [-0.1, -0.05) is 76.3 Å². The monoisotopic (exact) mass is 334 g/mol. The number of carboxylic acid groups (broad SMARTS) is 1. The van der Waals surface area contributed by atoms with Crippen LogP contribution in [-0.2, 0) is 4.79 Å². The number of aliphatic carboxylic acids is 1. The molecule has 0 fully saturated rings. The van der Waals surface area contributed by atoms with Crippen molar-refractivity contribution in [1.29, 1.82) is 0 Å². The minimum absolute atomic E-state index is 0.298. The quantitative estimate of drug-likeness (QED) is 0.274. The predicted molar refractivity (Wildman–Crippen MR) is 93.4 cm³/mol. The van der Waals surface area contributed by atoms with Gasteiger partial charge in [0.1, 0.15) is 5.06 Å². The van der Waals surface area contributed by atoms with Gasteiger partial charge < -0.3 is 10.2 Å². The van der Waals surface area contributed by atoms with Crippen molar-refractivity contribution in [3.8, 4) is 0 Å².